The maximum absolute atomic E-state index is 12.4. The van der Waals surface area contributed by atoms with Gasteiger partial charge in [-0.15, -0.1) is 11.3 Å². The summed E-state index contributed by atoms with van der Waals surface area (Å²) in [6, 6.07) is 7.85. The van der Waals surface area contributed by atoms with E-state index in [1.807, 2.05) is 32.0 Å². The quantitative estimate of drug-likeness (QED) is 0.495. The number of hydrogen-bond donors (Lipinski definition) is 0. The van der Waals surface area contributed by atoms with Gasteiger partial charge in [0, 0.05) is 18.5 Å². The summed E-state index contributed by atoms with van der Waals surface area (Å²) in [5.74, 6) is 0.117. The Labute approximate surface area is 127 Å². The first-order chi connectivity index (χ1) is 7.99. The molecule has 0 aliphatic heterocycles. The zero-order valence-electron chi connectivity index (χ0n) is 9.38. The molecule has 0 aliphatic carbocycles. The molecule has 0 saturated heterocycles. The van der Waals surface area contributed by atoms with Gasteiger partial charge in [0.05, 0.1) is 4.88 Å². The summed E-state index contributed by atoms with van der Waals surface area (Å²) in [4.78, 5) is 14.5. The Morgan fingerprint density at radius 2 is 2.00 bits per heavy atom. The molecule has 88 valence electrons. The van der Waals surface area contributed by atoms with Gasteiger partial charge in [0.25, 0.3) is 0 Å². The van der Waals surface area contributed by atoms with Crippen LogP contribution in [0.25, 0.3) is 0 Å². The molecular weight excluding hydrogens is 411 g/mol. The number of halogens is 2. The van der Waals surface area contributed by atoms with Crippen molar-refractivity contribution in [3.05, 3.63) is 53.2 Å². The summed E-state index contributed by atoms with van der Waals surface area (Å²) in [7, 11) is 0. The second kappa shape index (κ2) is 5.20. The zero-order chi connectivity index (χ0) is 12.6. The fraction of sp³-hybridized carbons (Fsp3) is 0.154. The van der Waals surface area contributed by atoms with Crippen LogP contribution in [-0.4, -0.2) is 5.78 Å². The Hall–Kier alpha value is -0.200. The lowest BCUT2D eigenvalue weighted by Gasteiger charge is -2.03. The smallest absolute Gasteiger partial charge is 0.204 e. The average molecular weight is 421 g/mol. The van der Waals surface area contributed by atoms with Gasteiger partial charge in [0.1, 0.15) is 0 Å². The van der Waals surface area contributed by atoms with Gasteiger partial charge in [-0.25, -0.2) is 0 Å². The van der Waals surface area contributed by atoms with E-state index in [4.69, 9.17) is 0 Å². The summed E-state index contributed by atoms with van der Waals surface area (Å²) < 4.78 is 1.92. The van der Waals surface area contributed by atoms with E-state index in [9.17, 15) is 4.79 Å². The number of carbonyl (C=O) groups is 1. The molecule has 0 bridgehead atoms. The van der Waals surface area contributed by atoms with Crippen LogP contribution in [-0.2, 0) is 0 Å². The predicted molar refractivity (Wildman–Crippen MR) is 84.1 cm³/mol. The van der Waals surface area contributed by atoms with Crippen molar-refractivity contribution < 1.29 is 4.79 Å². The van der Waals surface area contributed by atoms with Crippen LogP contribution in [0.2, 0.25) is 0 Å². The van der Waals surface area contributed by atoms with Crippen molar-refractivity contribution in [2.24, 2.45) is 0 Å². The van der Waals surface area contributed by atoms with E-state index in [1.165, 1.54) is 4.88 Å². The van der Waals surface area contributed by atoms with Crippen LogP contribution in [0.3, 0.4) is 0 Å². The molecule has 0 radical (unpaired) electrons. The molecule has 1 aromatic heterocycles. The molecular formula is C13H10BrIOS. The number of benzene rings is 1. The first-order valence-corrected chi connectivity index (χ1v) is 7.74. The summed E-state index contributed by atoms with van der Waals surface area (Å²) in [5, 5.41) is 0. The van der Waals surface area contributed by atoms with E-state index in [0.717, 1.165) is 24.0 Å². The van der Waals surface area contributed by atoms with E-state index in [1.54, 1.807) is 11.3 Å². The third-order valence-corrected chi connectivity index (χ3v) is 5.01. The number of carbonyl (C=O) groups excluding carboxylic acids is 1. The average Bonchev–Trinajstić information content (AvgIpc) is 2.60. The maximum atomic E-state index is 12.4. The first-order valence-electron chi connectivity index (χ1n) is 5.06. The third kappa shape index (κ3) is 2.80. The highest BCUT2D eigenvalue weighted by Crippen LogP contribution is 2.27. The molecule has 2 rings (SSSR count). The number of ketones is 1. The highest BCUT2D eigenvalue weighted by atomic mass is 127. The topological polar surface area (TPSA) is 17.1 Å². The molecule has 2 aromatic rings. The van der Waals surface area contributed by atoms with E-state index in [2.05, 4.69) is 44.6 Å². The van der Waals surface area contributed by atoms with Crippen molar-refractivity contribution in [2.45, 2.75) is 13.8 Å². The standard InChI is InChI=1S/C13H10BrIOS/c1-7-5-8(2)17-13(7)12(16)10-6-9(14)3-4-11(10)15/h3-6H,1-2H3. The van der Waals surface area contributed by atoms with Gasteiger partial charge in [0.15, 0.2) is 0 Å². The fourth-order valence-electron chi connectivity index (χ4n) is 1.66. The molecule has 0 fully saturated rings. The highest BCUT2D eigenvalue weighted by molar-refractivity contribution is 14.1. The van der Waals surface area contributed by atoms with Crippen LogP contribution in [0.4, 0.5) is 0 Å². The van der Waals surface area contributed by atoms with Crippen LogP contribution in [0.1, 0.15) is 25.7 Å². The van der Waals surface area contributed by atoms with Gasteiger partial charge < -0.3 is 0 Å². The van der Waals surface area contributed by atoms with Crippen LogP contribution in [0.15, 0.2) is 28.7 Å². The van der Waals surface area contributed by atoms with E-state index in [-0.39, 0.29) is 5.78 Å². The van der Waals surface area contributed by atoms with E-state index in [0.29, 0.717) is 0 Å². The molecule has 0 spiro atoms. The lowest BCUT2D eigenvalue weighted by Crippen LogP contribution is -2.03. The fourth-order valence-corrected chi connectivity index (χ4v) is 3.58. The SMILES string of the molecule is Cc1cc(C)c(C(=O)c2cc(Br)ccc2I)s1. The Morgan fingerprint density at radius 1 is 1.29 bits per heavy atom. The molecule has 4 heteroatoms. The summed E-state index contributed by atoms with van der Waals surface area (Å²) in [6.45, 7) is 4.02. The lowest BCUT2D eigenvalue weighted by molar-refractivity contribution is 0.104. The van der Waals surface area contributed by atoms with E-state index >= 15 is 0 Å². The number of aryl methyl sites for hydroxylation is 2. The van der Waals surface area contributed by atoms with Crippen molar-refractivity contribution in [1.82, 2.24) is 0 Å². The summed E-state index contributed by atoms with van der Waals surface area (Å²) >= 11 is 7.17. The van der Waals surface area contributed by atoms with Crippen LogP contribution in [0.5, 0.6) is 0 Å². The number of rotatable bonds is 2. The minimum atomic E-state index is 0.117. The van der Waals surface area contributed by atoms with Crippen molar-refractivity contribution in [2.75, 3.05) is 0 Å². The molecule has 0 atom stereocenters. The van der Waals surface area contributed by atoms with Gasteiger partial charge in [-0.05, 0) is 66.3 Å². The van der Waals surface area contributed by atoms with Crippen LogP contribution < -0.4 is 0 Å². The molecule has 0 unspecified atom stereocenters. The second-order valence-corrected chi connectivity index (χ2v) is 7.16. The lowest BCUT2D eigenvalue weighted by atomic mass is 10.1. The molecule has 0 amide bonds. The number of thiophene rings is 1. The van der Waals surface area contributed by atoms with Crippen molar-refractivity contribution in [3.8, 4) is 0 Å². The molecule has 1 aromatic carbocycles. The first kappa shape index (κ1) is 13.2. The molecule has 17 heavy (non-hydrogen) atoms. The summed E-state index contributed by atoms with van der Waals surface area (Å²) in [5.41, 5.74) is 1.83. The zero-order valence-corrected chi connectivity index (χ0v) is 13.9. The van der Waals surface area contributed by atoms with E-state index < -0.39 is 0 Å². The van der Waals surface area contributed by atoms with Crippen molar-refractivity contribution in [1.29, 1.82) is 0 Å². The Kier molecular flexibility index (Phi) is 4.05. The van der Waals surface area contributed by atoms with Gasteiger partial charge in [0.2, 0.25) is 5.78 Å². The van der Waals surface area contributed by atoms with Crippen molar-refractivity contribution >= 4 is 55.6 Å². The molecule has 0 saturated carbocycles. The second-order valence-electron chi connectivity index (χ2n) is 3.82. The van der Waals surface area contributed by atoms with Crippen molar-refractivity contribution in [3.63, 3.8) is 0 Å². The molecule has 1 heterocycles. The largest absolute Gasteiger partial charge is 0.288 e. The minimum absolute atomic E-state index is 0.117. The minimum Gasteiger partial charge on any atom is -0.288 e. The third-order valence-electron chi connectivity index (χ3n) is 2.42. The Balaban J connectivity index is 2.50. The van der Waals surface area contributed by atoms with Crippen LogP contribution >= 0.6 is 49.9 Å². The Bertz CT molecular complexity index is 589. The van der Waals surface area contributed by atoms with Gasteiger partial charge in [-0.3, -0.25) is 4.79 Å². The summed E-state index contributed by atoms with van der Waals surface area (Å²) in [6.07, 6.45) is 0. The highest BCUT2D eigenvalue weighted by Gasteiger charge is 2.17. The molecule has 0 aliphatic rings. The Morgan fingerprint density at radius 3 is 2.59 bits per heavy atom. The normalized spacial score (nSPS) is 10.6. The predicted octanol–water partition coefficient (Wildman–Crippen LogP) is 4.96. The monoisotopic (exact) mass is 420 g/mol. The van der Waals surface area contributed by atoms with Crippen LogP contribution in [0, 0.1) is 17.4 Å². The number of hydrogen-bond acceptors (Lipinski definition) is 2. The molecule has 0 N–H and O–H groups in total. The maximum Gasteiger partial charge on any atom is 0.204 e. The molecule has 1 nitrogen and oxygen atoms in total. The van der Waals surface area contributed by atoms with Gasteiger partial charge in [-0.2, -0.15) is 0 Å². The van der Waals surface area contributed by atoms with Gasteiger partial charge >= 0.3 is 0 Å². The van der Waals surface area contributed by atoms with Gasteiger partial charge in [-0.1, -0.05) is 15.9 Å².